The maximum Gasteiger partial charge on any atom is 0.255 e. The van der Waals surface area contributed by atoms with Gasteiger partial charge in [0, 0.05) is 24.5 Å². The van der Waals surface area contributed by atoms with Crippen LogP contribution in [0, 0.1) is 0 Å². The number of amides is 2. The lowest BCUT2D eigenvalue weighted by atomic mass is 10.1. The highest BCUT2D eigenvalue weighted by Gasteiger charge is 2.28. The van der Waals surface area contributed by atoms with Gasteiger partial charge >= 0.3 is 0 Å². The van der Waals surface area contributed by atoms with Gasteiger partial charge in [-0.25, -0.2) is 0 Å². The topological polar surface area (TPSA) is 69.6 Å². The van der Waals surface area contributed by atoms with Crippen molar-refractivity contribution in [2.75, 3.05) is 13.6 Å². The Bertz CT molecular complexity index is 504. The van der Waals surface area contributed by atoms with Gasteiger partial charge in [0.15, 0.2) is 0 Å². The SMILES string of the molecule is CN1C[C@@H](NC(=O)c2ccc(Br)cc2O)CC1=O. The van der Waals surface area contributed by atoms with E-state index in [1.54, 1.807) is 18.0 Å². The molecule has 0 spiro atoms. The minimum Gasteiger partial charge on any atom is -0.507 e. The Hall–Kier alpha value is -1.56. The highest BCUT2D eigenvalue weighted by molar-refractivity contribution is 9.10. The second-order valence-electron chi connectivity index (χ2n) is 4.31. The number of rotatable bonds is 2. The molecule has 0 radical (unpaired) electrons. The van der Waals surface area contributed by atoms with Crippen LogP contribution in [0.4, 0.5) is 0 Å². The molecule has 1 aliphatic heterocycles. The van der Waals surface area contributed by atoms with Crippen molar-refractivity contribution in [3.05, 3.63) is 28.2 Å². The van der Waals surface area contributed by atoms with Gasteiger partial charge in [0.1, 0.15) is 5.75 Å². The average molecular weight is 313 g/mol. The Morgan fingerprint density at radius 1 is 1.56 bits per heavy atom. The van der Waals surface area contributed by atoms with Crippen molar-refractivity contribution in [3.8, 4) is 5.75 Å². The zero-order valence-electron chi connectivity index (χ0n) is 9.81. The van der Waals surface area contributed by atoms with Gasteiger partial charge in [-0.15, -0.1) is 0 Å². The van der Waals surface area contributed by atoms with Crippen molar-refractivity contribution in [1.82, 2.24) is 10.2 Å². The number of halogens is 1. The molecule has 2 rings (SSSR count). The van der Waals surface area contributed by atoms with Gasteiger partial charge in [0.2, 0.25) is 5.91 Å². The Morgan fingerprint density at radius 2 is 2.28 bits per heavy atom. The average Bonchev–Trinajstić information content (AvgIpc) is 2.57. The van der Waals surface area contributed by atoms with Gasteiger partial charge < -0.3 is 15.3 Å². The van der Waals surface area contributed by atoms with Crippen molar-refractivity contribution in [2.45, 2.75) is 12.5 Å². The molecule has 18 heavy (non-hydrogen) atoms. The van der Waals surface area contributed by atoms with Crippen molar-refractivity contribution in [3.63, 3.8) is 0 Å². The molecule has 96 valence electrons. The van der Waals surface area contributed by atoms with E-state index < -0.39 is 0 Å². The lowest BCUT2D eigenvalue weighted by molar-refractivity contribution is -0.126. The van der Waals surface area contributed by atoms with Crippen molar-refractivity contribution in [1.29, 1.82) is 0 Å². The van der Waals surface area contributed by atoms with E-state index in [-0.39, 0.29) is 29.2 Å². The summed E-state index contributed by atoms with van der Waals surface area (Å²) in [6, 6.07) is 4.48. The lowest BCUT2D eigenvalue weighted by Crippen LogP contribution is -2.36. The van der Waals surface area contributed by atoms with E-state index in [1.165, 1.54) is 12.1 Å². The molecule has 1 atom stereocenters. The highest BCUT2D eigenvalue weighted by Crippen LogP contribution is 2.22. The molecule has 6 heteroatoms. The van der Waals surface area contributed by atoms with Crippen LogP contribution in [-0.4, -0.2) is 41.5 Å². The second kappa shape index (κ2) is 4.97. The first kappa shape index (κ1) is 12.9. The third-order valence-electron chi connectivity index (χ3n) is 2.88. The molecule has 1 fully saturated rings. The van der Waals surface area contributed by atoms with E-state index in [0.29, 0.717) is 17.4 Å². The van der Waals surface area contributed by atoms with E-state index in [0.717, 1.165) is 0 Å². The number of nitrogens with one attached hydrogen (secondary N) is 1. The summed E-state index contributed by atoms with van der Waals surface area (Å²) < 4.78 is 0.701. The molecule has 0 aliphatic carbocycles. The maximum absolute atomic E-state index is 11.9. The Labute approximate surface area is 113 Å². The molecular formula is C12H13BrN2O3. The number of hydrogen-bond acceptors (Lipinski definition) is 3. The molecule has 1 aliphatic rings. The molecule has 0 unspecified atom stereocenters. The number of aromatic hydroxyl groups is 1. The summed E-state index contributed by atoms with van der Waals surface area (Å²) >= 11 is 3.21. The van der Waals surface area contributed by atoms with Crippen LogP contribution in [0.2, 0.25) is 0 Å². The zero-order valence-corrected chi connectivity index (χ0v) is 11.4. The predicted molar refractivity (Wildman–Crippen MR) is 69.3 cm³/mol. The number of carbonyl (C=O) groups excluding carboxylic acids is 2. The van der Waals surface area contributed by atoms with Gasteiger partial charge in [-0.1, -0.05) is 15.9 Å². The first-order valence-corrected chi connectivity index (χ1v) is 6.30. The monoisotopic (exact) mass is 312 g/mol. The van der Waals surface area contributed by atoms with E-state index in [1.807, 2.05) is 0 Å². The number of nitrogens with zero attached hydrogens (tertiary/aromatic N) is 1. The van der Waals surface area contributed by atoms with Gasteiger partial charge in [0.05, 0.1) is 11.6 Å². The number of phenols is 1. The Morgan fingerprint density at radius 3 is 2.83 bits per heavy atom. The standard InChI is InChI=1S/C12H13BrN2O3/c1-15-6-8(5-11(15)17)14-12(18)9-3-2-7(13)4-10(9)16/h2-4,8,16H,5-6H2,1H3,(H,14,18)/t8-/m0/s1. The molecule has 1 heterocycles. The van der Waals surface area contributed by atoms with Crippen LogP contribution < -0.4 is 5.32 Å². The molecule has 2 N–H and O–H groups in total. The number of benzene rings is 1. The molecule has 2 amide bonds. The van der Waals surface area contributed by atoms with Crippen LogP contribution in [0.3, 0.4) is 0 Å². The van der Waals surface area contributed by atoms with Crippen LogP contribution in [0.15, 0.2) is 22.7 Å². The number of likely N-dealkylation sites (tertiary alicyclic amines) is 1. The second-order valence-corrected chi connectivity index (χ2v) is 5.23. The fourth-order valence-corrected chi connectivity index (χ4v) is 2.27. The molecule has 0 aromatic heterocycles. The molecule has 5 nitrogen and oxygen atoms in total. The summed E-state index contributed by atoms with van der Waals surface area (Å²) in [7, 11) is 1.70. The number of phenolic OH excluding ortho intramolecular Hbond substituents is 1. The van der Waals surface area contributed by atoms with Crippen LogP contribution in [0.1, 0.15) is 16.8 Å². The minimum absolute atomic E-state index is 0.0142. The van der Waals surface area contributed by atoms with Crippen LogP contribution >= 0.6 is 15.9 Å². The predicted octanol–water partition coefficient (Wildman–Crippen LogP) is 1.12. The fourth-order valence-electron chi connectivity index (χ4n) is 1.92. The summed E-state index contributed by atoms with van der Waals surface area (Å²) in [4.78, 5) is 24.8. The molecular weight excluding hydrogens is 300 g/mol. The van der Waals surface area contributed by atoms with Crippen molar-refractivity contribution < 1.29 is 14.7 Å². The van der Waals surface area contributed by atoms with Crippen LogP contribution in [0.5, 0.6) is 5.75 Å². The summed E-state index contributed by atoms with van der Waals surface area (Å²) in [5.74, 6) is -0.437. The lowest BCUT2D eigenvalue weighted by Gasteiger charge is -2.13. The van der Waals surface area contributed by atoms with Gasteiger partial charge in [-0.2, -0.15) is 0 Å². The molecule has 1 aromatic rings. The van der Waals surface area contributed by atoms with Crippen molar-refractivity contribution in [2.24, 2.45) is 0 Å². The Kier molecular flexibility index (Phi) is 3.56. The van der Waals surface area contributed by atoms with E-state index in [4.69, 9.17) is 0 Å². The van der Waals surface area contributed by atoms with E-state index in [2.05, 4.69) is 21.2 Å². The van der Waals surface area contributed by atoms with Crippen molar-refractivity contribution >= 4 is 27.7 Å². The third kappa shape index (κ3) is 2.64. The molecule has 0 bridgehead atoms. The van der Waals surface area contributed by atoms with Crippen LogP contribution in [0.25, 0.3) is 0 Å². The molecule has 0 saturated carbocycles. The summed E-state index contributed by atoms with van der Waals surface area (Å²) in [5.41, 5.74) is 0.209. The normalized spacial score (nSPS) is 19.1. The molecule has 1 saturated heterocycles. The van der Waals surface area contributed by atoms with Crippen LogP contribution in [-0.2, 0) is 4.79 Å². The maximum atomic E-state index is 11.9. The number of hydrogen-bond donors (Lipinski definition) is 2. The largest absolute Gasteiger partial charge is 0.507 e. The smallest absolute Gasteiger partial charge is 0.255 e. The number of carbonyl (C=O) groups is 2. The van der Waals surface area contributed by atoms with E-state index in [9.17, 15) is 14.7 Å². The summed E-state index contributed by atoms with van der Waals surface area (Å²) in [5, 5.41) is 12.4. The third-order valence-corrected chi connectivity index (χ3v) is 3.37. The first-order chi connectivity index (χ1) is 8.47. The van der Waals surface area contributed by atoms with E-state index >= 15 is 0 Å². The number of likely N-dealkylation sites (N-methyl/N-ethyl adjacent to an activating group) is 1. The zero-order chi connectivity index (χ0) is 13.3. The molecule has 1 aromatic carbocycles. The van der Waals surface area contributed by atoms with Gasteiger partial charge in [-0.05, 0) is 18.2 Å². The minimum atomic E-state index is -0.367. The Balaban J connectivity index is 2.06. The first-order valence-electron chi connectivity index (χ1n) is 5.50. The fraction of sp³-hybridized carbons (Fsp3) is 0.333. The summed E-state index contributed by atoms with van der Waals surface area (Å²) in [6.07, 6.45) is 0.305. The van der Waals surface area contributed by atoms with Gasteiger partial charge in [0.25, 0.3) is 5.91 Å². The highest BCUT2D eigenvalue weighted by atomic mass is 79.9. The van der Waals surface area contributed by atoms with Gasteiger partial charge in [-0.3, -0.25) is 9.59 Å². The summed E-state index contributed by atoms with van der Waals surface area (Å²) in [6.45, 7) is 0.502. The quantitative estimate of drug-likeness (QED) is 0.859.